The van der Waals surface area contributed by atoms with Gasteiger partial charge in [-0.05, 0) is 51.1 Å². The van der Waals surface area contributed by atoms with Crippen LogP contribution in [0.3, 0.4) is 0 Å². The number of rotatable bonds is 5. The predicted octanol–water partition coefficient (Wildman–Crippen LogP) is 2.10. The maximum atomic E-state index is 3.81. The summed E-state index contributed by atoms with van der Waals surface area (Å²) in [7, 11) is 2.26. The van der Waals surface area contributed by atoms with Crippen LogP contribution in [0.4, 0.5) is 0 Å². The van der Waals surface area contributed by atoms with Gasteiger partial charge in [-0.25, -0.2) is 0 Å². The fraction of sp³-hybridized carbons (Fsp3) is 1.00. The van der Waals surface area contributed by atoms with E-state index in [1.807, 2.05) is 0 Å². The second kappa shape index (κ2) is 4.84. The van der Waals surface area contributed by atoms with Crippen LogP contribution in [0.15, 0.2) is 0 Å². The zero-order valence-corrected chi connectivity index (χ0v) is 10.5. The number of hydrogen-bond donors (Lipinski definition) is 1. The predicted molar refractivity (Wildman–Crippen MR) is 65.0 cm³/mol. The Labute approximate surface area is 94.4 Å². The smallest absolute Gasteiger partial charge is 0.0218 e. The molecule has 0 bridgehead atoms. The highest BCUT2D eigenvalue weighted by atomic mass is 15.2. The summed E-state index contributed by atoms with van der Waals surface area (Å²) in [6.07, 6.45) is 5.68. The summed E-state index contributed by atoms with van der Waals surface area (Å²) in [5, 5.41) is 3.81. The SMILES string of the molecule is CC(C)C(NCC1CCCN1C)C1CC1. The minimum absolute atomic E-state index is 0.777. The van der Waals surface area contributed by atoms with Gasteiger partial charge in [0.1, 0.15) is 0 Å². The molecule has 15 heavy (non-hydrogen) atoms. The molecule has 0 spiro atoms. The van der Waals surface area contributed by atoms with Gasteiger partial charge in [0, 0.05) is 18.6 Å². The summed E-state index contributed by atoms with van der Waals surface area (Å²) in [4.78, 5) is 2.51. The lowest BCUT2D eigenvalue weighted by molar-refractivity contribution is 0.269. The van der Waals surface area contributed by atoms with Crippen LogP contribution < -0.4 is 5.32 Å². The molecule has 0 aromatic rings. The number of nitrogens with zero attached hydrogens (tertiary/aromatic N) is 1. The lowest BCUT2D eigenvalue weighted by Crippen LogP contribution is -2.43. The van der Waals surface area contributed by atoms with Gasteiger partial charge in [-0.15, -0.1) is 0 Å². The van der Waals surface area contributed by atoms with Crippen LogP contribution in [0, 0.1) is 11.8 Å². The highest BCUT2D eigenvalue weighted by molar-refractivity contribution is 4.90. The Morgan fingerprint density at radius 3 is 2.47 bits per heavy atom. The molecule has 2 rings (SSSR count). The molecule has 2 unspecified atom stereocenters. The molecule has 2 nitrogen and oxygen atoms in total. The molecule has 0 radical (unpaired) electrons. The Bertz CT molecular complexity index is 197. The molecule has 1 aliphatic carbocycles. The lowest BCUT2D eigenvalue weighted by atomic mass is 9.99. The van der Waals surface area contributed by atoms with E-state index in [1.165, 1.54) is 38.8 Å². The Kier molecular flexibility index (Phi) is 3.68. The van der Waals surface area contributed by atoms with Gasteiger partial charge in [-0.2, -0.15) is 0 Å². The first-order valence-electron chi connectivity index (χ1n) is 6.62. The first-order valence-corrected chi connectivity index (χ1v) is 6.62. The van der Waals surface area contributed by atoms with E-state index in [-0.39, 0.29) is 0 Å². The molecule has 88 valence electrons. The highest BCUT2D eigenvalue weighted by Gasteiger charge is 2.33. The first kappa shape index (κ1) is 11.4. The van der Waals surface area contributed by atoms with Crippen molar-refractivity contribution in [3.63, 3.8) is 0 Å². The molecular formula is C13H26N2. The molecule has 1 saturated heterocycles. The minimum atomic E-state index is 0.777. The van der Waals surface area contributed by atoms with Crippen molar-refractivity contribution < 1.29 is 0 Å². The molecule has 2 fully saturated rings. The van der Waals surface area contributed by atoms with Gasteiger partial charge in [0.2, 0.25) is 0 Å². The second-order valence-corrected chi connectivity index (χ2v) is 5.79. The Balaban J connectivity index is 1.75. The van der Waals surface area contributed by atoms with Gasteiger partial charge in [0.05, 0.1) is 0 Å². The fourth-order valence-corrected chi connectivity index (χ4v) is 2.91. The van der Waals surface area contributed by atoms with Crippen LogP contribution in [0.1, 0.15) is 39.5 Å². The van der Waals surface area contributed by atoms with Crippen molar-refractivity contribution in [3.8, 4) is 0 Å². The Morgan fingerprint density at radius 2 is 2.00 bits per heavy atom. The highest BCUT2D eigenvalue weighted by Crippen LogP contribution is 2.35. The molecule has 0 aromatic heterocycles. The molecule has 2 heteroatoms. The molecule has 0 amide bonds. The number of hydrogen-bond acceptors (Lipinski definition) is 2. The molecular weight excluding hydrogens is 184 g/mol. The van der Waals surface area contributed by atoms with Crippen molar-refractivity contribution in [1.82, 2.24) is 10.2 Å². The van der Waals surface area contributed by atoms with Crippen molar-refractivity contribution in [3.05, 3.63) is 0 Å². The number of nitrogens with one attached hydrogen (secondary N) is 1. The van der Waals surface area contributed by atoms with E-state index in [2.05, 4.69) is 31.1 Å². The van der Waals surface area contributed by atoms with Gasteiger partial charge >= 0.3 is 0 Å². The zero-order valence-electron chi connectivity index (χ0n) is 10.5. The summed E-state index contributed by atoms with van der Waals surface area (Å²) in [6, 6.07) is 1.57. The van der Waals surface area contributed by atoms with E-state index in [0.29, 0.717) is 0 Å². The van der Waals surface area contributed by atoms with E-state index in [4.69, 9.17) is 0 Å². The lowest BCUT2D eigenvalue weighted by Gasteiger charge is -2.26. The Morgan fingerprint density at radius 1 is 1.27 bits per heavy atom. The number of likely N-dealkylation sites (N-methyl/N-ethyl adjacent to an activating group) is 1. The molecule has 0 aromatic carbocycles. The van der Waals surface area contributed by atoms with Crippen LogP contribution in [-0.4, -0.2) is 37.1 Å². The molecule has 1 aliphatic heterocycles. The maximum absolute atomic E-state index is 3.81. The summed E-state index contributed by atoms with van der Waals surface area (Å²) in [5.41, 5.74) is 0. The van der Waals surface area contributed by atoms with Crippen LogP contribution in [-0.2, 0) is 0 Å². The zero-order chi connectivity index (χ0) is 10.8. The van der Waals surface area contributed by atoms with Crippen molar-refractivity contribution in [1.29, 1.82) is 0 Å². The monoisotopic (exact) mass is 210 g/mol. The molecule has 1 saturated carbocycles. The van der Waals surface area contributed by atoms with Crippen LogP contribution in [0.5, 0.6) is 0 Å². The minimum Gasteiger partial charge on any atom is -0.312 e. The molecule has 2 atom stereocenters. The summed E-state index contributed by atoms with van der Waals surface area (Å²) in [6.45, 7) is 7.21. The van der Waals surface area contributed by atoms with Gasteiger partial charge in [-0.1, -0.05) is 13.8 Å². The van der Waals surface area contributed by atoms with Crippen molar-refractivity contribution in [2.24, 2.45) is 11.8 Å². The van der Waals surface area contributed by atoms with E-state index in [9.17, 15) is 0 Å². The quantitative estimate of drug-likeness (QED) is 0.747. The van der Waals surface area contributed by atoms with Gasteiger partial charge < -0.3 is 10.2 Å². The second-order valence-electron chi connectivity index (χ2n) is 5.79. The summed E-state index contributed by atoms with van der Waals surface area (Å²) in [5.74, 6) is 1.78. The van der Waals surface area contributed by atoms with Crippen molar-refractivity contribution >= 4 is 0 Å². The molecule has 1 N–H and O–H groups in total. The summed E-state index contributed by atoms with van der Waals surface area (Å²) >= 11 is 0. The van der Waals surface area contributed by atoms with Crippen LogP contribution in [0.2, 0.25) is 0 Å². The first-order chi connectivity index (χ1) is 7.18. The third kappa shape index (κ3) is 2.94. The molecule has 1 heterocycles. The van der Waals surface area contributed by atoms with Crippen molar-refractivity contribution in [2.45, 2.75) is 51.6 Å². The topological polar surface area (TPSA) is 15.3 Å². The third-order valence-corrected chi connectivity index (χ3v) is 4.11. The maximum Gasteiger partial charge on any atom is 0.0218 e. The average Bonchev–Trinajstić information content (AvgIpc) is 2.92. The van der Waals surface area contributed by atoms with Gasteiger partial charge in [0.15, 0.2) is 0 Å². The fourth-order valence-electron chi connectivity index (χ4n) is 2.91. The van der Waals surface area contributed by atoms with Gasteiger partial charge in [0.25, 0.3) is 0 Å². The molecule has 2 aliphatic rings. The third-order valence-electron chi connectivity index (χ3n) is 4.11. The Hall–Kier alpha value is -0.0800. The summed E-state index contributed by atoms with van der Waals surface area (Å²) < 4.78 is 0. The van der Waals surface area contributed by atoms with Crippen LogP contribution in [0.25, 0.3) is 0 Å². The van der Waals surface area contributed by atoms with Crippen LogP contribution >= 0.6 is 0 Å². The van der Waals surface area contributed by atoms with Crippen molar-refractivity contribution in [2.75, 3.05) is 20.1 Å². The number of likely N-dealkylation sites (tertiary alicyclic amines) is 1. The van der Waals surface area contributed by atoms with E-state index >= 15 is 0 Å². The van der Waals surface area contributed by atoms with E-state index in [1.54, 1.807) is 0 Å². The van der Waals surface area contributed by atoms with E-state index < -0.39 is 0 Å². The largest absolute Gasteiger partial charge is 0.312 e. The van der Waals surface area contributed by atoms with Gasteiger partial charge in [-0.3, -0.25) is 0 Å². The van der Waals surface area contributed by atoms with E-state index in [0.717, 1.165) is 23.9 Å². The average molecular weight is 210 g/mol. The normalized spacial score (nSPS) is 30.0. The standard InChI is InChI=1S/C13H26N2/c1-10(2)13(11-6-7-11)14-9-12-5-4-8-15(12)3/h10-14H,4-9H2,1-3H3.